The van der Waals surface area contributed by atoms with Gasteiger partial charge < -0.3 is 4.42 Å². The van der Waals surface area contributed by atoms with Gasteiger partial charge in [0.05, 0.1) is 9.35 Å². The fourth-order valence-electron chi connectivity index (χ4n) is 0.846. The molecule has 0 radical (unpaired) electrons. The Morgan fingerprint density at radius 1 is 1.54 bits per heavy atom. The molecule has 0 bridgehead atoms. The standard InChI is InChI=1S/C7H4BrClN2OS/c8-5-1-4(3-13-5)7-11-10-6(2-9)12-7/h1,3H,2H2. The van der Waals surface area contributed by atoms with Gasteiger partial charge in [-0.3, -0.25) is 0 Å². The summed E-state index contributed by atoms with van der Waals surface area (Å²) in [6, 6.07) is 1.93. The zero-order chi connectivity index (χ0) is 9.26. The highest BCUT2D eigenvalue weighted by atomic mass is 79.9. The molecule has 0 saturated heterocycles. The van der Waals surface area contributed by atoms with Gasteiger partial charge in [0.15, 0.2) is 0 Å². The Kier molecular flexibility index (Phi) is 2.66. The van der Waals surface area contributed by atoms with Crippen molar-refractivity contribution in [2.45, 2.75) is 5.88 Å². The molecule has 13 heavy (non-hydrogen) atoms. The SMILES string of the molecule is ClCc1nnc(-c2csc(Br)c2)o1. The first kappa shape index (κ1) is 9.18. The lowest BCUT2D eigenvalue weighted by atomic mass is 10.3. The van der Waals surface area contributed by atoms with Crippen molar-refractivity contribution >= 4 is 38.9 Å². The van der Waals surface area contributed by atoms with E-state index >= 15 is 0 Å². The number of thiophene rings is 1. The van der Waals surface area contributed by atoms with Gasteiger partial charge in [-0.1, -0.05) is 0 Å². The molecule has 0 aliphatic carbocycles. The van der Waals surface area contributed by atoms with E-state index in [0.717, 1.165) is 9.35 Å². The Balaban J connectivity index is 2.35. The molecule has 68 valence electrons. The fraction of sp³-hybridized carbons (Fsp3) is 0.143. The Labute approximate surface area is 91.9 Å². The van der Waals surface area contributed by atoms with Gasteiger partial charge in [-0.15, -0.1) is 33.1 Å². The van der Waals surface area contributed by atoms with E-state index in [0.29, 0.717) is 11.8 Å². The first-order valence-electron chi connectivity index (χ1n) is 3.42. The monoisotopic (exact) mass is 278 g/mol. The van der Waals surface area contributed by atoms with Gasteiger partial charge in [0.25, 0.3) is 0 Å². The first-order valence-corrected chi connectivity index (χ1v) is 5.63. The third-order valence-electron chi connectivity index (χ3n) is 1.40. The van der Waals surface area contributed by atoms with Crippen molar-refractivity contribution in [3.05, 3.63) is 21.1 Å². The molecule has 0 saturated carbocycles. The number of nitrogens with zero attached hydrogens (tertiary/aromatic N) is 2. The second kappa shape index (κ2) is 3.77. The van der Waals surface area contributed by atoms with E-state index in [9.17, 15) is 0 Å². The molecule has 0 aliphatic heterocycles. The largest absolute Gasteiger partial charge is 0.419 e. The van der Waals surface area contributed by atoms with Crippen LogP contribution in [0.1, 0.15) is 5.89 Å². The molecule has 3 nitrogen and oxygen atoms in total. The van der Waals surface area contributed by atoms with Crippen LogP contribution in [0, 0.1) is 0 Å². The zero-order valence-electron chi connectivity index (χ0n) is 6.33. The van der Waals surface area contributed by atoms with Crippen LogP contribution in [0.4, 0.5) is 0 Å². The topological polar surface area (TPSA) is 38.9 Å². The lowest BCUT2D eigenvalue weighted by Gasteiger charge is -1.84. The van der Waals surface area contributed by atoms with Crippen LogP contribution in [0.5, 0.6) is 0 Å². The van der Waals surface area contributed by atoms with Crippen LogP contribution in [0.25, 0.3) is 11.5 Å². The number of hydrogen-bond donors (Lipinski definition) is 0. The van der Waals surface area contributed by atoms with Crippen molar-refractivity contribution in [1.82, 2.24) is 10.2 Å². The van der Waals surface area contributed by atoms with Crippen molar-refractivity contribution < 1.29 is 4.42 Å². The summed E-state index contributed by atoms with van der Waals surface area (Å²) in [5.74, 6) is 1.20. The van der Waals surface area contributed by atoms with Crippen molar-refractivity contribution in [3.63, 3.8) is 0 Å². The van der Waals surface area contributed by atoms with Crippen LogP contribution < -0.4 is 0 Å². The Hall–Kier alpha value is -0.390. The van der Waals surface area contributed by atoms with E-state index in [-0.39, 0.29) is 5.88 Å². The Bertz CT molecular complexity index is 414. The molecule has 0 amide bonds. The summed E-state index contributed by atoms with van der Waals surface area (Å²) in [5.41, 5.74) is 0.917. The number of aromatic nitrogens is 2. The summed E-state index contributed by atoms with van der Waals surface area (Å²) in [7, 11) is 0. The summed E-state index contributed by atoms with van der Waals surface area (Å²) in [6.45, 7) is 0. The molecule has 0 atom stereocenters. The highest BCUT2D eigenvalue weighted by molar-refractivity contribution is 9.11. The molecule has 2 aromatic heterocycles. The van der Waals surface area contributed by atoms with Crippen molar-refractivity contribution in [1.29, 1.82) is 0 Å². The Morgan fingerprint density at radius 3 is 2.92 bits per heavy atom. The number of alkyl halides is 1. The highest BCUT2D eigenvalue weighted by Gasteiger charge is 2.08. The van der Waals surface area contributed by atoms with E-state index < -0.39 is 0 Å². The van der Waals surface area contributed by atoms with Gasteiger partial charge in [0.1, 0.15) is 5.88 Å². The molecule has 0 aromatic carbocycles. The molecule has 2 aromatic rings. The first-order chi connectivity index (χ1) is 6.29. The third-order valence-corrected chi connectivity index (χ3v) is 3.13. The van der Waals surface area contributed by atoms with Crippen LogP contribution in [-0.4, -0.2) is 10.2 Å². The van der Waals surface area contributed by atoms with Gasteiger partial charge in [-0.2, -0.15) is 0 Å². The molecule has 2 rings (SSSR count). The maximum Gasteiger partial charge on any atom is 0.248 e. The van der Waals surface area contributed by atoms with Gasteiger partial charge in [-0.05, 0) is 22.0 Å². The molecule has 0 aliphatic rings. The number of hydrogen-bond acceptors (Lipinski definition) is 4. The van der Waals surface area contributed by atoms with Crippen LogP contribution in [0.2, 0.25) is 0 Å². The quantitative estimate of drug-likeness (QED) is 0.792. The Morgan fingerprint density at radius 2 is 2.38 bits per heavy atom. The highest BCUT2D eigenvalue weighted by Crippen LogP contribution is 2.28. The van der Waals surface area contributed by atoms with E-state index in [1.165, 1.54) is 0 Å². The summed E-state index contributed by atoms with van der Waals surface area (Å²) in [6.07, 6.45) is 0. The smallest absolute Gasteiger partial charge is 0.248 e. The van der Waals surface area contributed by atoms with Gasteiger partial charge >= 0.3 is 0 Å². The van der Waals surface area contributed by atoms with E-state index in [2.05, 4.69) is 26.1 Å². The molecular weight excluding hydrogens is 276 g/mol. The molecule has 6 heteroatoms. The number of rotatable bonds is 2. The summed E-state index contributed by atoms with van der Waals surface area (Å²) < 4.78 is 6.30. The van der Waals surface area contributed by atoms with Crippen LogP contribution in [-0.2, 0) is 5.88 Å². The predicted octanol–water partition coefficient (Wildman–Crippen LogP) is 3.30. The normalized spacial score (nSPS) is 10.6. The molecular formula is C7H4BrClN2OS. The summed E-state index contributed by atoms with van der Waals surface area (Å²) in [4.78, 5) is 0. The maximum absolute atomic E-state index is 5.53. The van der Waals surface area contributed by atoms with Gasteiger partial charge in [0.2, 0.25) is 11.8 Å². The maximum atomic E-state index is 5.53. The molecule has 0 N–H and O–H groups in total. The lowest BCUT2D eigenvalue weighted by molar-refractivity contribution is 0.527. The molecule has 2 heterocycles. The number of halogens is 2. The summed E-state index contributed by atoms with van der Waals surface area (Å²) >= 11 is 10.5. The second-order valence-electron chi connectivity index (χ2n) is 2.27. The predicted molar refractivity (Wildman–Crippen MR) is 54.9 cm³/mol. The van der Waals surface area contributed by atoms with Crippen molar-refractivity contribution in [3.8, 4) is 11.5 Å². The fourth-order valence-corrected chi connectivity index (χ4v) is 2.08. The minimum absolute atomic E-state index is 0.248. The van der Waals surface area contributed by atoms with Crippen LogP contribution >= 0.6 is 38.9 Å². The van der Waals surface area contributed by atoms with Crippen molar-refractivity contribution in [2.24, 2.45) is 0 Å². The van der Waals surface area contributed by atoms with Gasteiger partial charge in [-0.25, -0.2) is 0 Å². The van der Waals surface area contributed by atoms with Crippen LogP contribution in [0.3, 0.4) is 0 Å². The second-order valence-corrected chi connectivity index (χ2v) is 4.83. The van der Waals surface area contributed by atoms with Crippen molar-refractivity contribution in [2.75, 3.05) is 0 Å². The minimum atomic E-state index is 0.248. The molecule has 0 spiro atoms. The minimum Gasteiger partial charge on any atom is -0.419 e. The van der Waals surface area contributed by atoms with E-state index in [1.807, 2.05) is 11.4 Å². The summed E-state index contributed by atoms with van der Waals surface area (Å²) in [5, 5.41) is 9.56. The van der Waals surface area contributed by atoms with E-state index in [4.69, 9.17) is 16.0 Å². The van der Waals surface area contributed by atoms with Gasteiger partial charge in [0, 0.05) is 5.38 Å². The average molecular weight is 280 g/mol. The van der Waals surface area contributed by atoms with E-state index in [1.54, 1.807) is 11.3 Å². The third kappa shape index (κ3) is 1.92. The molecule has 0 fully saturated rings. The molecule has 0 unspecified atom stereocenters. The average Bonchev–Trinajstić information content (AvgIpc) is 2.71. The van der Waals surface area contributed by atoms with Crippen LogP contribution in [0.15, 0.2) is 19.6 Å². The zero-order valence-corrected chi connectivity index (χ0v) is 9.49. The lowest BCUT2D eigenvalue weighted by Crippen LogP contribution is -1.74.